The minimum atomic E-state index is -0.371. The van der Waals surface area contributed by atoms with Crippen LogP contribution in [-0.2, 0) is 0 Å². The summed E-state index contributed by atoms with van der Waals surface area (Å²) in [6.07, 6.45) is 0.505. The molecule has 0 saturated carbocycles. The van der Waals surface area contributed by atoms with Gasteiger partial charge in [-0.25, -0.2) is 4.79 Å². The Labute approximate surface area is 172 Å². The third-order valence-electron chi connectivity index (χ3n) is 4.11. The first-order chi connectivity index (χ1) is 12.3. The molecule has 0 aliphatic carbocycles. The SMILES string of the molecule is Cc1csc(OCCC(c2ccc(OC(=O)N(C)C)c(C)c2)N(C)C)c1.Cl. The summed E-state index contributed by atoms with van der Waals surface area (Å²) in [6.45, 7) is 4.68. The molecule has 1 heterocycles. The van der Waals surface area contributed by atoms with Crippen LogP contribution in [0.5, 0.6) is 10.8 Å². The molecule has 2 rings (SSSR count). The molecule has 150 valence electrons. The maximum Gasteiger partial charge on any atom is 0.414 e. The molecule has 1 unspecified atom stereocenters. The van der Waals surface area contributed by atoms with E-state index in [1.807, 2.05) is 19.1 Å². The number of carbonyl (C=O) groups excluding carboxylic acids is 1. The van der Waals surface area contributed by atoms with Crippen molar-refractivity contribution >= 4 is 29.8 Å². The molecule has 5 nitrogen and oxygen atoms in total. The lowest BCUT2D eigenvalue weighted by Gasteiger charge is -2.25. The van der Waals surface area contributed by atoms with E-state index in [9.17, 15) is 4.79 Å². The number of ether oxygens (including phenoxy) is 2. The van der Waals surface area contributed by atoms with Gasteiger partial charge in [0.25, 0.3) is 0 Å². The first-order valence-corrected chi connectivity index (χ1v) is 9.50. The fourth-order valence-corrected chi connectivity index (χ4v) is 3.43. The molecule has 0 spiro atoms. The quantitative estimate of drug-likeness (QED) is 0.647. The van der Waals surface area contributed by atoms with Crippen LogP contribution in [0.25, 0.3) is 0 Å². The van der Waals surface area contributed by atoms with Crippen molar-refractivity contribution < 1.29 is 14.3 Å². The van der Waals surface area contributed by atoms with Gasteiger partial charge in [0.1, 0.15) is 5.75 Å². The van der Waals surface area contributed by atoms with Crippen molar-refractivity contribution in [1.82, 2.24) is 9.80 Å². The maximum absolute atomic E-state index is 11.7. The molecule has 1 aromatic heterocycles. The Morgan fingerprint density at radius 1 is 1.15 bits per heavy atom. The summed E-state index contributed by atoms with van der Waals surface area (Å²) in [7, 11) is 7.47. The topological polar surface area (TPSA) is 42.0 Å². The fraction of sp³-hybridized carbons (Fsp3) is 0.450. The Bertz CT molecular complexity index is 747. The highest BCUT2D eigenvalue weighted by atomic mass is 35.5. The van der Waals surface area contributed by atoms with Crippen LogP contribution in [0.4, 0.5) is 4.79 Å². The average Bonchev–Trinajstić information content (AvgIpc) is 2.98. The highest BCUT2D eigenvalue weighted by molar-refractivity contribution is 7.12. The average molecular weight is 413 g/mol. The molecule has 1 aromatic carbocycles. The van der Waals surface area contributed by atoms with Gasteiger partial charge in [0.2, 0.25) is 0 Å². The van der Waals surface area contributed by atoms with Gasteiger partial charge < -0.3 is 19.3 Å². The lowest BCUT2D eigenvalue weighted by molar-refractivity contribution is 0.171. The Balaban J connectivity index is 0.00000364. The second kappa shape index (κ2) is 10.5. The maximum atomic E-state index is 11.7. The summed E-state index contributed by atoms with van der Waals surface area (Å²) < 4.78 is 11.3. The third kappa shape index (κ3) is 6.72. The minimum absolute atomic E-state index is 0. The van der Waals surface area contributed by atoms with Crippen molar-refractivity contribution in [3.63, 3.8) is 0 Å². The second-order valence-corrected chi connectivity index (χ2v) is 7.72. The predicted molar refractivity (Wildman–Crippen MR) is 114 cm³/mol. The van der Waals surface area contributed by atoms with E-state index in [0.717, 1.165) is 17.0 Å². The summed E-state index contributed by atoms with van der Waals surface area (Å²) in [5.74, 6) is 0.593. The van der Waals surface area contributed by atoms with Gasteiger partial charge in [0.15, 0.2) is 5.06 Å². The van der Waals surface area contributed by atoms with Crippen molar-refractivity contribution in [3.05, 3.63) is 46.3 Å². The predicted octanol–water partition coefficient (Wildman–Crippen LogP) is 4.92. The standard InChI is InChI=1S/C20H28N2O3S.ClH/c1-14-11-19(26-13-14)24-10-9-17(21(3)4)16-7-8-18(15(2)12-16)25-20(23)22(5)6;/h7-8,11-13,17H,9-10H2,1-6H3;1H. The van der Waals surface area contributed by atoms with Crippen molar-refractivity contribution in [1.29, 1.82) is 0 Å². The van der Waals surface area contributed by atoms with Gasteiger partial charge in [-0.15, -0.1) is 23.7 Å². The lowest BCUT2D eigenvalue weighted by atomic mass is 10.0. The number of hydrogen-bond acceptors (Lipinski definition) is 5. The Kier molecular flexibility index (Phi) is 9.09. The molecule has 0 bridgehead atoms. The third-order valence-corrected chi connectivity index (χ3v) is 5.07. The van der Waals surface area contributed by atoms with E-state index >= 15 is 0 Å². The lowest BCUT2D eigenvalue weighted by Crippen LogP contribution is -2.25. The first kappa shape index (κ1) is 23.3. The number of halogens is 1. The van der Waals surface area contributed by atoms with Crippen molar-refractivity contribution in [2.75, 3.05) is 34.8 Å². The number of hydrogen-bond donors (Lipinski definition) is 0. The van der Waals surface area contributed by atoms with Gasteiger partial charge in [-0.2, -0.15) is 0 Å². The van der Waals surface area contributed by atoms with Crippen LogP contribution >= 0.6 is 23.7 Å². The number of amides is 1. The molecular formula is C20H29ClN2O3S. The first-order valence-electron chi connectivity index (χ1n) is 8.62. The monoisotopic (exact) mass is 412 g/mol. The number of nitrogens with zero attached hydrogens (tertiary/aromatic N) is 2. The molecular weight excluding hydrogens is 384 g/mol. The van der Waals surface area contributed by atoms with Crippen molar-refractivity contribution in [2.45, 2.75) is 26.3 Å². The summed E-state index contributed by atoms with van der Waals surface area (Å²) >= 11 is 1.63. The van der Waals surface area contributed by atoms with Crippen molar-refractivity contribution in [3.8, 4) is 10.8 Å². The zero-order valence-corrected chi connectivity index (χ0v) is 18.4. The van der Waals surface area contributed by atoms with Crippen LogP contribution in [0.2, 0.25) is 0 Å². The van der Waals surface area contributed by atoms with Crippen molar-refractivity contribution in [2.24, 2.45) is 0 Å². The normalized spacial score (nSPS) is 11.7. The molecule has 0 saturated heterocycles. The molecule has 1 amide bonds. The van der Waals surface area contributed by atoms with E-state index in [4.69, 9.17) is 9.47 Å². The molecule has 0 aliphatic rings. The number of carbonyl (C=O) groups is 1. The van der Waals surface area contributed by atoms with Crippen LogP contribution in [0.1, 0.15) is 29.2 Å². The van der Waals surface area contributed by atoms with Gasteiger partial charge in [-0.3, -0.25) is 0 Å². The van der Waals surface area contributed by atoms with E-state index in [-0.39, 0.29) is 24.5 Å². The second-order valence-electron chi connectivity index (χ2n) is 6.85. The highest BCUT2D eigenvalue weighted by Gasteiger charge is 2.17. The molecule has 0 N–H and O–H groups in total. The number of thiophene rings is 1. The number of benzene rings is 1. The smallest absolute Gasteiger partial charge is 0.414 e. The summed E-state index contributed by atoms with van der Waals surface area (Å²) in [6, 6.07) is 8.26. The van der Waals surface area contributed by atoms with E-state index in [1.165, 1.54) is 16.0 Å². The van der Waals surface area contributed by atoms with E-state index in [0.29, 0.717) is 12.4 Å². The largest absolute Gasteiger partial charge is 0.484 e. The van der Waals surface area contributed by atoms with Gasteiger partial charge in [0.05, 0.1) is 6.61 Å². The van der Waals surface area contributed by atoms with Gasteiger partial charge >= 0.3 is 6.09 Å². The molecule has 0 fully saturated rings. The summed E-state index contributed by atoms with van der Waals surface area (Å²) in [5.41, 5.74) is 3.36. The minimum Gasteiger partial charge on any atom is -0.484 e. The van der Waals surface area contributed by atoms with E-state index < -0.39 is 0 Å². The van der Waals surface area contributed by atoms with Gasteiger partial charge in [0, 0.05) is 26.6 Å². The summed E-state index contributed by atoms with van der Waals surface area (Å²) in [4.78, 5) is 15.3. The number of aryl methyl sites for hydroxylation is 2. The molecule has 0 radical (unpaired) electrons. The van der Waals surface area contributed by atoms with Crippen LogP contribution in [0.3, 0.4) is 0 Å². The Hall–Kier alpha value is -1.76. The molecule has 7 heteroatoms. The van der Waals surface area contributed by atoms with Gasteiger partial charge in [-0.05, 0) is 62.1 Å². The van der Waals surface area contributed by atoms with E-state index in [2.05, 4.69) is 43.4 Å². The van der Waals surface area contributed by atoms with Crippen LogP contribution in [0.15, 0.2) is 29.6 Å². The Morgan fingerprint density at radius 3 is 2.37 bits per heavy atom. The van der Waals surface area contributed by atoms with Gasteiger partial charge in [-0.1, -0.05) is 12.1 Å². The molecule has 27 heavy (non-hydrogen) atoms. The fourth-order valence-electron chi connectivity index (χ4n) is 2.65. The molecule has 1 atom stereocenters. The molecule has 0 aliphatic heterocycles. The Morgan fingerprint density at radius 2 is 1.85 bits per heavy atom. The van der Waals surface area contributed by atoms with Crippen LogP contribution in [-0.4, -0.2) is 50.7 Å². The zero-order valence-electron chi connectivity index (χ0n) is 16.8. The molecule has 2 aromatic rings. The van der Waals surface area contributed by atoms with E-state index in [1.54, 1.807) is 25.4 Å². The highest BCUT2D eigenvalue weighted by Crippen LogP contribution is 2.29. The van der Waals surface area contributed by atoms with Crippen LogP contribution < -0.4 is 9.47 Å². The number of rotatable bonds is 7. The summed E-state index contributed by atoms with van der Waals surface area (Å²) in [5, 5.41) is 3.05. The van der Waals surface area contributed by atoms with Crippen LogP contribution in [0, 0.1) is 13.8 Å². The zero-order chi connectivity index (χ0) is 19.3.